The van der Waals surface area contributed by atoms with Gasteiger partial charge in [-0.15, -0.1) is 0 Å². The largest absolute Gasteiger partial charge is 0.373 e. The van der Waals surface area contributed by atoms with Gasteiger partial charge in [-0.3, -0.25) is 0 Å². The molecular formula is C16H34O2. The van der Waals surface area contributed by atoms with Crippen LogP contribution in [0.5, 0.6) is 0 Å². The van der Waals surface area contributed by atoms with Gasteiger partial charge in [0, 0.05) is 0 Å². The molecule has 0 aromatic rings. The maximum absolute atomic E-state index is 5.90. The van der Waals surface area contributed by atoms with Gasteiger partial charge in [-0.25, -0.2) is 0 Å². The van der Waals surface area contributed by atoms with E-state index in [1.165, 1.54) is 12.8 Å². The summed E-state index contributed by atoms with van der Waals surface area (Å²) in [6.45, 7) is 17.1. The van der Waals surface area contributed by atoms with E-state index in [1.807, 2.05) is 0 Å². The van der Waals surface area contributed by atoms with Crippen molar-refractivity contribution in [1.29, 1.82) is 0 Å². The molecule has 2 heteroatoms. The highest BCUT2D eigenvalue weighted by Gasteiger charge is 2.22. The van der Waals surface area contributed by atoms with Crippen molar-refractivity contribution in [3.8, 4) is 0 Å². The first-order chi connectivity index (χ1) is 8.04. The van der Waals surface area contributed by atoms with E-state index in [4.69, 9.17) is 9.47 Å². The first kappa shape index (κ1) is 17.9. The third-order valence-electron chi connectivity index (χ3n) is 2.92. The second-order valence-corrected chi connectivity index (χ2v) is 7.06. The van der Waals surface area contributed by atoms with E-state index >= 15 is 0 Å². The average Bonchev–Trinajstić information content (AvgIpc) is 2.08. The van der Waals surface area contributed by atoms with Crippen LogP contribution in [0.3, 0.4) is 0 Å². The van der Waals surface area contributed by atoms with Gasteiger partial charge in [-0.1, -0.05) is 12.8 Å². The summed E-state index contributed by atoms with van der Waals surface area (Å²) in [6, 6.07) is 0. The van der Waals surface area contributed by atoms with Crippen molar-refractivity contribution in [2.45, 2.75) is 104 Å². The van der Waals surface area contributed by atoms with Gasteiger partial charge in [-0.2, -0.15) is 0 Å². The number of unbranched alkanes of at least 4 members (excludes halogenated alkanes) is 1. The predicted molar refractivity (Wildman–Crippen MR) is 79.1 cm³/mol. The lowest BCUT2D eigenvalue weighted by atomic mass is 9.95. The summed E-state index contributed by atoms with van der Waals surface area (Å²) >= 11 is 0. The molecule has 0 aliphatic heterocycles. The quantitative estimate of drug-likeness (QED) is 0.545. The Bertz CT molecular complexity index is 193. The Morgan fingerprint density at radius 2 is 0.944 bits per heavy atom. The van der Waals surface area contributed by atoms with Crippen molar-refractivity contribution in [2.24, 2.45) is 0 Å². The van der Waals surface area contributed by atoms with E-state index in [0.29, 0.717) is 12.2 Å². The molecule has 0 saturated carbocycles. The predicted octanol–water partition coefficient (Wildman–Crippen LogP) is 4.95. The number of hydrogen-bond acceptors (Lipinski definition) is 2. The van der Waals surface area contributed by atoms with Gasteiger partial charge in [0.25, 0.3) is 0 Å². The van der Waals surface area contributed by atoms with Crippen LogP contribution in [0.15, 0.2) is 0 Å². The minimum Gasteiger partial charge on any atom is -0.373 e. The fourth-order valence-electron chi connectivity index (χ4n) is 2.50. The molecule has 2 nitrogen and oxygen atoms in total. The molecule has 0 unspecified atom stereocenters. The van der Waals surface area contributed by atoms with Crippen LogP contribution in [-0.2, 0) is 9.47 Å². The van der Waals surface area contributed by atoms with E-state index in [0.717, 1.165) is 12.8 Å². The van der Waals surface area contributed by atoms with Gasteiger partial charge in [0.05, 0.1) is 23.4 Å². The minimum atomic E-state index is -0.00276. The molecule has 0 atom stereocenters. The summed E-state index contributed by atoms with van der Waals surface area (Å²) in [5.74, 6) is 0. The van der Waals surface area contributed by atoms with Gasteiger partial charge in [0.15, 0.2) is 0 Å². The molecule has 18 heavy (non-hydrogen) atoms. The normalized spacial score (nSPS) is 13.7. The van der Waals surface area contributed by atoms with Crippen LogP contribution < -0.4 is 0 Å². The highest BCUT2D eigenvalue weighted by molar-refractivity contribution is 4.73. The molecule has 0 aromatic heterocycles. The van der Waals surface area contributed by atoms with E-state index in [9.17, 15) is 0 Å². The Morgan fingerprint density at radius 1 is 0.667 bits per heavy atom. The zero-order valence-electron chi connectivity index (χ0n) is 13.8. The van der Waals surface area contributed by atoms with Gasteiger partial charge < -0.3 is 9.47 Å². The molecule has 0 aromatic carbocycles. The maximum atomic E-state index is 5.90. The molecule has 0 radical (unpaired) electrons. The Labute approximate surface area is 114 Å². The lowest BCUT2D eigenvalue weighted by molar-refractivity contribution is -0.0703. The van der Waals surface area contributed by atoms with E-state index in [2.05, 4.69) is 55.4 Å². The number of rotatable bonds is 9. The first-order valence-electron chi connectivity index (χ1n) is 7.40. The second kappa shape index (κ2) is 7.49. The first-order valence-corrected chi connectivity index (χ1v) is 7.40. The topological polar surface area (TPSA) is 18.5 Å². The summed E-state index contributed by atoms with van der Waals surface area (Å²) in [4.78, 5) is 0. The molecule has 0 fully saturated rings. The zero-order chi connectivity index (χ0) is 14.4. The zero-order valence-corrected chi connectivity index (χ0v) is 13.8. The maximum Gasteiger partial charge on any atom is 0.0630 e. The van der Waals surface area contributed by atoms with Gasteiger partial charge in [-0.05, 0) is 68.2 Å². The second-order valence-electron chi connectivity index (χ2n) is 7.06. The van der Waals surface area contributed by atoms with Crippen LogP contribution in [-0.4, -0.2) is 23.4 Å². The lowest BCUT2D eigenvalue weighted by Gasteiger charge is -2.30. The smallest absolute Gasteiger partial charge is 0.0630 e. The van der Waals surface area contributed by atoms with Crippen molar-refractivity contribution in [3.05, 3.63) is 0 Å². The Morgan fingerprint density at radius 3 is 1.17 bits per heavy atom. The van der Waals surface area contributed by atoms with Crippen molar-refractivity contribution in [1.82, 2.24) is 0 Å². The molecule has 0 spiro atoms. The Hall–Kier alpha value is -0.0800. The van der Waals surface area contributed by atoms with Crippen molar-refractivity contribution in [2.75, 3.05) is 0 Å². The Balaban J connectivity index is 3.85. The van der Waals surface area contributed by atoms with Crippen molar-refractivity contribution < 1.29 is 9.47 Å². The molecule has 0 heterocycles. The molecule has 0 aliphatic carbocycles. The summed E-state index contributed by atoms with van der Waals surface area (Å²) in [5.41, 5.74) is -0.00553. The molecule has 0 saturated heterocycles. The van der Waals surface area contributed by atoms with Gasteiger partial charge in [0.2, 0.25) is 0 Å². The lowest BCUT2D eigenvalue weighted by Crippen LogP contribution is -2.29. The summed E-state index contributed by atoms with van der Waals surface area (Å²) in [6.07, 6.45) is 5.24. The van der Waals surface area contributed by atoms with Crippen LogP contribution in [0.1, 0.15) is 81.1 Å². The Kier molecular flexibility index (Phi) is 7.46. The number of ether oxygens (including phenoxy) is 2. The molecular weight excluding hydrogens is 224 g/mol. The molecule has 110 valence electrons. The third kappa shape index (κ3) is 9.90. The fourth-order valence-corrected chi connectivity index (χ4v) is 2.50. The molecule has 0 rings (SSSR count). The van der Waals surface area contributed by atoms with E-state index in [1.54, 1.807) is 0 Å². The van der Waals surface area contributed by atoms with Crippen LogP contribution >= 0.6 is 0 Å². The monoisotopic (exact) mass is 258 g/mol. The summed E-state index contributed by atoms with van der Waals surface area (Å²) in [7, 11) is 0. The highest BCUT2D eigenvalue weighted by atomic mass is 16.5. The SMILES string of the molecule is CC(C)OC(C)(C)CCCCC(C)(C)OC(C)C. The summed E-state index contributed by atoms with van der Waals surface area (Å²) < 4.78 is 11.8. The van der Waals surface area contributed by atoms with Crippen LogP contribution in [0.2, 0.25) is 0 Å². The van der Waals surface area contributed by atoms with Crippen molar-refractivity contribution >= 4 is 0 Å². The standard InChI is InChI=1S/C16H34O2/c1-13(2)17-15(5,6)11-9-10-12-16(7,8)18-14(3)4/h13-14H,9-12H2,1-8H3. The van der Waals surface area contributed by atoms with Crippen LogP contribution in [0.25, 0.3) is 0 Å². The summed E-state index contributed by atoms with van der Waals surface area (Å²) in [5, 5.41) is 0. The van der Waals surface area contributed by atoms with E-state index < -0.39 is 0 Å². The van der Waals surface area contributed by atoms with Crippen molar-refractivity contribution in [3.63, 3.8) is 0 Å². The van der Waals surface area contributed by atoms with Gasteiger partial charge in [0.1, 0.15) is 0 Å². The number of hydrogen-bond donors (Lipinski definition) is 0. The molecule has 0 N–H and O–H groups in total. The van der Waals surface area contributed by atoms with E-state index in [-0.39, 0.29) is 11.2 Å². The molecule has 0 aliphatic rings. The molecule has 0 bridgehead atoms. The van der Waals surface area contributed by atoms with Gasteiger partial charge >= 0.3 is 0 Å². The van der Waals surface area contributed by atoms with Crippen LogP contribution in [0, 0.1) is 0 Å². The molecule has 0 amide bonds. The highest BCUT2D eigenvalue weighted by Crippen LogP contribution is 2.24. The fraction of sp³-hybridized carbons (Fsp3) is 1.00. The minimum absolute atomic E-state index is 0.00276. The average molecular weight is 258 g/mol. The third-order valence-corrected chi connectivity index (χ3v) is 2.92. The van der Waals surface area contributed by atoms with Crippen LogP contribution in [0.4, 0.5) is 0 Å².